The van der Waals surface area contributed by atoms with E-state index in [0.29, 0.717) is 17.2 Å². The highest BCUT2D eigenvalue weighted by Crippen LogP contribution is 2.21. The van der Waals surface area contributed by atoms with Crippen LogP contribution in [0.4, 0.5) is 0 Å². The van der Waals surface area contributed by atoms with E-state index in [4.69, 9.17) is 15.7 Å². The maximum atomic E-state index is 8.70. The minimum absolute atomic E-state index is 0.225. The normalized spacial score (nSPS) is 10.9. The van der Waals surface area contributed by atoms with Crippen LogP contribution in [0.5, 0.6) is 11.6 Å². The molecule has 0 atom stereocenters. The van der Waals surface area contributed by atoms with E-state index >= 15 is 0 Å². The first-order valence-electron chi connectivity index (χ1n) is 6.38. The number of nitrogens with zero attached hydrogens (tertiary/aromatic N) is 2. The van der Waals surface area contributed by atoms with Crippen molar-refractivity contribution in [3.8, 4) is 17.7 Å². The summed E-state index contributed by atoms with van der Waals surface area (Å²) >= 11 is 0. The molecule has 0 saturated heterocycles. The van der Waals surface area contributed by atoms with Gasteiger partial charge in [0.1, 0.15) is 11.8 Å². The van der Waals surface area contributed by atoms with E-state index in [2.05, 4.69) is 4.98 Å². The first kappa shape index (κ1) is 14.0. The Bertz CT molecular complexity index is 604. The average molecular weight is 269 g/mol. The zero-order chi connectivity index (χ0) is 14.6. The molecule has 0 spiro atoms. The summed E-state index contributed by atoms with van der Waals surface area (Å²) in [6.45, 7) is 4.00. The Balaban J connectivity index is 2.05. The third kappa shape index (κ3) is 4.08. The summed E-state index contributed by atoms with van der Waals surface area (Å²) in [5, 5.41) is 8.70. The van der Waals surface area contributed by atoms with Crippen molar-refractivity contribution >= 4 is 0 Å². The van der Waals surface area contributed by atoms with Gasteiger partial charge in [0.2, 0.25) is 5.88 Å². The number of pyridine rings is 1. The molecule has 0 aliphatic rings. The van der Waals surface area contributed by atoms with Crippen molar-refractivity contribution in [2.45, 2.75) is 25.8 Å². The molecule has 0 aliphatic carbocycles. The number of ether oxygens (including phenoxy) is 1. The molecule has 4 heteroatoms. The molecule has 0 radical (unpaired) electrons. The Morgan fingerprint density at radius 2 is 1.90 bits per heavy atom. The molecule has 2 rings (SSSR count). The molecule has 0 aliphatic heterocycles. The van der Waals surface area contributed by atoms with E-state index < -0.39 is 0 Å². The highest BCUT2D eigenvalue weighted by atomic mass is 16.5. The van der Waals surface area contributed by atoms with Crippen LogP contribution in [-0.4, -0.2) is 10.5 Å². The Morgan fingerprint density at radius 1 is 1.20 bits per heavy atom. The van der Waals surface area contributed by atoms with Gasteiger partial charge in [-0.1, -0.05) is 12.1 Å². The van der Waals surface area contributed by atoms with Gasteiger partial charge in [0.25, 0.3) is 0 Å². The molecule has 0 bridgehead atoms. The summed E-state index contributed by atoms with van der Waals surface area (Å²) in [6.07, 6.45) is 2.29. The summed E-state index contributed by atoms with van der Waals surface area (Å²) in [4.78, 5) is 4.06. The topological polar surface area (TPSA) is 71.9 Å². The smallest absolute Gasteiger partial charge is 0.219 e. The molecule has 0 amide bonds. The fourth-order valence-electron chi connectivity index (χ4n) is 1.83. The number of benzene rings is 1. The number of rotatable bonds is 4. The van der Waals surface area contributed by atoms with Crippen LogP contribution in [0.25, 0.3) is 0 Å². The second kappa shape index (κ2) is 5.72. The standard InChI is InChI=1S/C16H17N3O/c1-16(2,18)9-12-3-6-14(7-4-12)20-15-8-5-13(10-17)11-19-15/h3-8,11H,9,18H2,1-2H3/i10+2. The van der Waals surface area contributed by atoms with Gasteiger partial charge in [-0.2, -0.15) is 5.26 Å². The Morgan fingerprint density at radius 3 is 2.40 bits per heavy atom. The average Bonchev–Trinajstić information content (AvgIpc) is 2.40. The molecule has 102 valence electrons. The van der Waals surface area contributed by atoms with Gasteiger partial charge in [-0.15, -0.1) is 0 Å². The third-order valence-electron chi connectivity index (χ3n) is 2.67. The van der Waals surface area contributed by atoms with E-state index in [1.54, 1.807) is 12.1 Å². The number of nitriles is 1. The molecule has 1 aromatic heterocycles. The summed E-state index contributed by atoms with van der Waals surface area (Å²) in [7, 11) is 0. The van der Waals surface area contributed by atoms with E-state index in [9.17, 15) is 0 Å². The quantitative estimate of drug-likeness (QED) is 0.926. The Kier molecular flexibility index (Phi) is 4.02. The predicted molar refractivity (Wildman–Crippen MR) is 77.4 cm³/mol. The van der Waals surface area contributed by atoms with Gasteiger partial charge in [0.05, 0.1) is 5.56 Å². The van der Waals surface area contributed by atoms with Crippen LogP contribution in [0.2, 0.25) is 0 Å². The molecule has 0 saturated carbocycles. The number of aromatic nitrogens is 1. The van der Waals surface area contributed by atoms with Crippen LogP contribution < -0.4 is 10.5 Å². The number of hydrogen-bond donors (Lipinski definition) is 1. The third-order valence-corrected chi connectivity index (χ3v) is 2.67. The van der Waals surface area contributed by atoms with Gasteiger partial charge in [-0.25, -0.2) is 4.98 Å². The van der Waals surface area contributed by atoms with Crippen molar-refractivity contribution < 1.29 is 4.74 Å². The molecule has 2 N–H and O–H groups in total. The fraction of sp³-hybridized carbons (Fsp3) is 0.250. The Labute approximate surface area is 118 Å². The van der Waals surface area contributed by atoms with Crippen molar-refractivity contribution in [3.05, 3.63) is 53.7 Å². The van der Waals surface area contributed by atoms with E-state index in [0.717, 1.165) is 12.0 Å². The predicted octanol–water partition coefficient (Wildman–Crippen LogP) is 3.03. The van der Waals surface area contributed by atoms with Crippen LogP contribution in [-0.2, 0) is 6.42 Å². The first-order chi connectivity index (χ1) is 9.46. The molecule has 20 heavy (non-hydrogen) atoms. The number of hydrogen-bond acceptors (Lipinski definition) is 4. The summed E-state index contributed by atoms with van der Waals surface area (Å²) in [6, 6.07) is 13.1. The van der Waals surface area contributed by atoms with Gasteiger partial charge >= 0.3 is 0 Å². The SMILES string of the molecule is CC(C)(N)Cc1ccc(Oc2ccc([14C]#N)cn2)cc1. The molecular weight excluding hydrogens is 252 g/mol. The summed E-state index contributed by atoms with van der Waals surface area (Å²) in [5.74, 6) is 1.18. The van der Waals surface area contributed by atoms with Crippen LogP contribution >= 0.6 is 0 Å². The van der Waals surface area contributed by atoms with Gasteiger partial charge in [-0.05, 0) is 44.0 Å². The molecule has 1 aromatic carbocycles. The monoisotopic (exact) mass is 269 g/mol. The maximum absolute atomic E-state index is 8.70. The molecule has 0 fully saturated rings. The summed E-state index contributed by atoms with van der Waals surface area (Å²) < 4.78 is 5.61. The minimum Gasteiger partial charge on any atom is -0.439 e. The van der Waals surface area contributed by atoms with Crippen molar-refractivity contribution in [2.24, 2.45) is 5.73 Å². The van der Waals surface area contributed by atoms with Crippen LogP contribution in [0.1, 0.15) is 25.0 Å². The van der Waals surface area contributed by atoms with E-state index in [1.807, 2.05) is 44.2 Å². The van der Waals surface area contributed by atoms with Gasteiger partial charge in [0, 0.05) is 17.8 Å². The van der Waals surface area contributed by atoms with Crippen LogP contribution in [0, 0.1) is 11.3 Å². The zero-order valence-electron chi connectivity index (χ0n) is 11.6. The van der Waals surface area contributed by atoms with Crippen molar-refractivity contribution in [1.29, 1.82) is 5.26 Å². The highest BCUT2D eigenvalue weighted by Gasteiger charge is 2.11. The maximum Gasteiger partial charge on any atom is 0.219 e. The minimum atomic E-state index is -0.225. The van der Waals surface area contributed by atoms with Gasteiger partial charge < -0.3 is 10.5 Å². The molecule has 1 heterocycles. The lowest BCUT2D eigenvalue weighted by Gasteiger charge is -2.18. The molecule has 0 unspecified atom stereocenters. The molecule has 2 aromatic rings. The van der Waals surface area contributed by atoms with Crippen molar-refractivity contribution in [1.82, 2.24) is 4.98 Å². The van der Waals surface area contributed by atoms with Gasteiger partial charge in [0.15, 0.2) is 0 Å². The zero-order valence-corrected chi connectivity index (χ0v) is 11.6. The second-order valence-electron chi connectivity index (χ2n) is 5.41. The lowest BCUT2D eigenvalue weighted by atomic mass is 9.96. The van der Waals surface area contributed by atoms with E-state index in [-0.39, 0.29) is 5.54 Å². The lowest BCUT2D eigenvalue weighted by molar-refractivity contribution is 0.462. The van der Waals surface area contributed by atoms with Crippen LogP contribution in [0.15, 0.2) is 42.6 Å². The van der Waals surface area contributed by atoms with Crippen molar-refractivity contribution in [2.75, 3.05) is 0 Å². The van der Waals surface area contributed by atoms with Crippen molar-refractivity contribution in [3.63, 3.8) is 0 Å². The lowest BCUT2D eigenvalue weighted by Crippen LogP contribution is -2.34. The van der Waals surface area contributed by atoms with Gasteiger partial charge in [-0.3, -0.25) is 0 Å². The fourth-order valence-corrected chi connectivity index (χ4v) is 1.83. The molecule has 4 nitrogen and oxygen atoms in total. The largest absolute Gasteiger partial charge is 0.439 e. The number of nitrogens with two attached hydrogens (primary N) is 1. The second-order valence-corrected chi connectivity index (χ2v) is 5.41. The summed E-state index contributed by atoms with van der Waals surface area (Å²) in [5.41, 5.74) is 7.44. The van der Waals surface area contributed by atoms with E-state index in [1.165, 1.54) is 6.20 Å². The Hall–Kier alpha value is -2.38. The first-order valence-corrected chi connectivity index (χ1v) is 6.38. The molecular formula is C16H17N3O. The highest BCUT2D eigenvalue weighted by molar-refractivity contribution is 5.33. The van der Waals surface area contributed by atoms with Crippen LogP contribution in [0.3, 0.4) is 0 Å².